The predicted molar refractivity (Wildman–Crippen MR) is 24.6 cm³/mol. The molecule has 0 amide bonds. The Bertz CT molecular complexity index is 90.2. The fourth-order valence-corrected chi connectivity index (χ4v) is 0.0943. The molecule has 0 saturated heterocycles. The van der Waals surface area contributed by atoms with Crippen molar-refractivity contribution in [1.82, 2.24) is 0 Å². The van der Waals surface area contributed by atoms with Gasteiger partial charge in [-0.1, -0.05) is 0 Å². The summed E-state index contributed by atoms with van der Waals surface area (Å²) in [5, 5.41) is 18.3. The summed E-state index contributed by atoms with van der Waals surface area (Å²) in [6.45, 7) is -1.19. The van der Waals surface area contributed by atoms with Gasteiger partial charge in [0.05, 0.1) is 9.85 Å². The molecule has 0 aromatic carbocycles. The van der Waals surface area contributed by atoms with Gasteiger partial charge < -0.3 is 0 Å². The van der Waals surface area contributed by atoms with E-state index in [4.69, 9.17) is 0 Å². The molecule has 41 valence electrons. The van der Waals surface area contributed by atoms with Gasteiger partial charge in [-0.15, -0.1) is 0 Å². The van der Waals surface area contributed by atoms with Crippen LogP contribution < -0.4 is 0 Å². The normalized spacial score (nSPS) is 7.00. The summed E-state index contributed by atoms with van der Waals surface area (Å²) in [7, 11) is 0. The van der Waals surface area contributed by atoms with E-state index in [1.165, 1.54) is 0 Å². The van der Waals surface area contributed by atoms with Crippen LogP contribution >= 0.6 is 0 Å². The van der Waals surface area contributed by atoms with E-state index in [9.17, 15) is 20.2 Å². The average Bonchev–Trinajstić information content (AvgIpc) is 1.27. The molecule has 8 heavy (non-hydrogen) atoms. The number of rotatable bonds is 2. The first-order valence-corrected chi connectivity index (χ1v) is 1.36. The van der Waals surface area contributed by atoms with Gasteiger partial charge in [-0.2, -0.15) is 0 Å². The first-order chi connectivity index (χ1) is 3.13. The first-order valence-electron chi connectivity index (χ1n) is 1.36. The van der Waals surface area contributed by atoms with Gasteiger partial charge in [0.15, 0.2) is 0 Å². The number of hydrogen-bond donors (Lipinski definition) is 0. The summed E-state index contributed by atoms with van der Waals surface area (Å²) in [6, 6.07) is 0. The Hall–Kier alpha value is 0.436. The SMILES string of the molecule is O=[N+]([O-])C[N+](=O)[O-].[K]. The van der Waals surface area contributed by atoms with Gasteiger partial charge in [-0.3, -0.25) is 20.2 Å². The van der Waals surface area contributed by atoms with E-state index in [0.29, 0.717) is 0 Å². The van der Waals surface area contributed by atoms with Crippen LogP contribution in [0.25, 0.3) is 0 Å². The zero-order valence-electron chi connectivity index (χ0n) is 4.23. The van der Waals surface area contributed by atoms with Crippen LogP contribution in [-0.4, -0.2) is 67.9 Å². The van der Waals surface area contributed by atoms with Crippen LogP contribution in [0.3, 0.4) is 0 Å². The van der Waals surface area contributed by atoms with Crippen molar-refractivity contribution < 1.29 is 9.85 Å². The molecule has 1 radical (unpaired) electrons. The Balaban J connectivity index is 0. The zero-order valence-corrected chi connectivity index (χ0v) is 7.36. The minimum Gasteiger partial charge on any atom is -0.259 e. The molecule has 0 aliphatic carbocycles. The Kier molecular flexibility index (Phi) is 7.84. The fraction of sp³-hybridized carbons (Fsp3) is 1.00. The maximum absolute atomic E-state index is 9.17. The van der Waals surface area contributed by atoms with E-state index in [1.54, 1.807) is 0 Å². The van der Waals surface area contributed by atoms with Crippen molar-refractivity contribution in [2.45, 2.75) is 0 Å². The van der Waals surface area contributed by atoms with Crippen molar-refractivity contribution in [3.05, 3.63) is 20.2 Å². The Morgan fingerprint density at radius 1 is 1.12 bits per heavy atom. The molecule has 7 heteroatoms. The maximum Gasteiger partial charge on any atom is 0.442 e. The van der Waals surface area contributed by atoms with Crippen LogP contribution in [-0.2, 0) is 0 Å². The van der Waals surface area contributed by atoms with Crippen LogP contribution in [0.5, 0.6) is 0 Å². The van der Waals surface area contributed by atoms with Gasteiger partial charge in [0.25, 0.3) is 0 Å². The predicted octanol–water partition coefficient (Wildman–Crippen LogP) is -0.884. The van der Waals surface area contributed by atoms with Crippen LogP contribution in [0.4, 0.5) is 0 Å². The summed E-state index contributed by atoms with van der Waals surface area (Å²) < 4.78 is 0. The van der Waals surface area contributed by atoms with E-state index in [-0.39, 0.29) is 51.4 Å². The molecule has 0 aliphatic rings. The van der Waals surface area contributed by atoms with E-state index in [0.717, 1.165) is 0 Å². The molecular weight excluding hydrogens is 143 g/mol. The molecule has 0 aromatic heterocycles. The molecule has 0 rings (SSSR count). The quantitative estimate of drug-likeness (QED) is 0.218. The van der Waals surface area contributed by atoms with Crippen LogP contribution in [0.2, 0.25) is 0 Å². The molecule has 6 nitrogen and oxygen atoms in total. The Morgan fingerprint density at radius 2 is 1.38 bits per heavy atom. The fourth-order valence-electron chi connectivity index (χ4n) is 0.0943. The molecule has 0 aliphatic heterocycles. The molecule has 0 aromatic rings. The molecule has 0 N–H and O–H groups in total. The molecule has 0 spiro atoms. The summed E-state index contributed by atoms with van der Waals surface area (Å²) in [4.78, 5) is 16.3. The Morgan fingerprint density at radius 3 is 1.38 bits per heavy atom. The monoisotopic (exact) mass is 145 g/mol. The summed E-state index contributed by atoms with van der Waals surface area (Å²) in [6.07, 6.45) is 0. The smallest absolute Gasteiger partial charge is 0.259 e. The Labute approximate surface area is 87.0 Å². The molecule has 0 atom stereocenters. The number of nitro groups is 2. The van der Waals surface area contributed by atoms with E-state index >= 15 is 0 Å². The minimum atomic E-state index is -1.19. The van der Waals surface area contributed by atoms with Crippen molar-refractivity contribution in [2.75, 3.05) is 6.67 Å². The second-order valence-electron chi connectivity index (χ2n) is 0.807. The molecular formula is CH2KN2O4. The van der Waals surface area contributed by atoms with Gasteiger partial charge in [-0.05, 0) is 0 Å². The van der Waals surface area contributed by atoms with Crippen LogP contribution in [0, 0.1) is 20.2 Å². The molecule has 0 saturated carbocycles. The van der Waals surface area contributed by atoms with Gasteiger partial charge >= 0.3 is 6.67 Å². The summed E-state index contributed by atoms with van der Waals surface area (Å²) in [5.74, 6) is 0. The third-order valence-corrected chi connectivity index (χ3v) is 0.231. The standard InChI is InChI=1S/CH2N2O4.K/c4-2(5)1-3(6)7;/h1H2;. The van der Waals surface area contributed by atoms with Crippen molar-refractivity contribution in [3.63, 3.8) is 0 Å². The van der Waals surface area contributed by atoms with E-state index in [2.05, 4.69) is 0 Å². The van der Waals surface area contributed by atoms with Crippen molar-refractivity contribution in [3.8, 4) is 0 Å². The van der Waals surface area contributed by atoms with E-state index < -0.39 is 16.5 Å². The van der Waals surface area contributed by atoms with Crippen molar-refractivity contribution in [1.29, 1.82) is 0 Å². The van der Waals surface area contributed by atoms with Crippen molar-refractivity contribution in [2.24, 2.45) is 0 Å². The van der Waals surface area contributed by atoms with Gasteiger partial charge in [0.1, 0.15) is 0 Å². The van der Waals surface area contributed by atoms with Crippen LogP contribution in [0.15, 0.2) is 0 Å². The van der Waals surface area contributed by atoms with Crippen LogP contribution in [0.1, 0.15) is 0 Å². The molecule has 0 heterocycles. The van der Waals surface area contributed by atoms with E-state index in [1.807, 2.05) is 0 Å². The van der Waals surface area contributed by atoms with Gasteiger partial charge in [0, 0.05) is 51.4 Å². The molecule has 0 unspecified atom stereocenters. The zero-order chi connectivity index (χ0) is 5.86. The third kappa shape index (κ3) is 9.67. The topological polar surface area (TPSA) is 86.3 Å². The van der Waals surface area contributed by atoms with Gasteiger partial charge in [0.2, 0.25) is 0 Å². The second kappa shape index (κ2) is 5.57. The maximum atomic E-state index is 9.17. The van der Waals surface area contributed by atoms with Crippen molar-refractivity contribution >= 4 is 51.4 Å². The second-order valence-corrected chi connectivity index (χ2v) is 0.807. The molecule has 0 fully saturated rings. The summed E-state index contributed by atoms with van der Waals surface area (Å²) in [5.41, 5.74) is 0. The third-order valence-electron chi connectivity index (χ3n) is 0.231. The summed E-state index contributed by atoms with van der Waals surface area (Å²) >= 11 is 0. The minimum absolute atomic E-state index is 0. The first kappa shape index (κ1) is 11.3. The number of nitrogens with zero attached hydrogens (tertiary/aromatic N) is 2. The number of hydrogen-bond acceptors (Lipinski definition) is 4. The largest absolute Gasteiger partial charge is 0.442 e. The average molecular weight is 145 g/mol. The molecule has 0 bridgehead atoms. The van der Waals surface area contributed by atoms with Gasteiger partial charge in [-0.25, -0.2) is 0 Å².